The molecule has 106 valence electrons. The van der Waals surface area contributed by atoms with E-state index in [0.717, 1.165) is 29.7 Å². The molecule has 0 radical (unpaired) electrons. The third kappa shape index (κ3) is 2.67. The number of carbonyl (C=O) groups is 1. The van der Waals surface area contributed by atoms with E-state index in [9.17, 15) is 4.79 Å². The first-order chi connectivity index (χ1) is 10.1. The molecule has 0 aromatic heterocycles. The highest BCUT2D eigenvalue weighted by atomic mass is 32.1. The van der Waals surface area contributed by atoms with Crippen molar-refractivity contribution in [3.63, 3.8) is 0 Å². The Morgan fingerprint density at radius 2 is 1.81 bits per heavy atom. The zero-order chi connectivity index (χ0) is 14.9. The Labute approximate surface area is 129 Å². The van der Waals surface area contributed by atoms with Crippen molar-refractivity contribution in [3.8, 4) is 0 Å². The van der Waals surface area contributed by atoms with Crippen LogP contribution in [-0.2, 0) is 10.2 Å². The first-order valence-corrected chi connectivity index (χ1v) is 7.29. The second-order valence-electron chi connectivity index (χ2n) is 5.35. The van der Waals surface area contributed by atoms with Gasteiger partial charge in [0.15, 0.2) is 0 Å². The van der Waals surface area contributed by atoms with Gasteiger partial charge in [0.05, 0.1) is 5.41 Å². The van der Waals surface area contributed by atoms with Crippen molar-refractivity contribution in [1.29, 1.82) is 0 Å². The Bertz CT molecular complexity index is 693. The minimum Gasteiger partial charge on any atom is -0.389 e. The Morgan fingerprint density at radius 1 is 1.10 bits per heavy atom. The van der Waals surface area contributed by atoms with E-state index in [4.69, 9.17) is 18.0 Å². The smallest absolute Gasteiger partial charge is 0.235 e. The fraction of sp³-hybridized carbons (Fsp3) is 0.176. The largest absolute Gasteiger partial charge is 0.389 e. The molecule has 1 saturated carbocycles. The van der Waals surface area contributed by atoms with Crippen molar-refractivity contribution in [1.82, 2.24) is 0 Å². The Balaban J connectivity index is 1.81. The minimum atomic E-state index is -0.375. The van der Waals surface area contributed by atoms with Gasteiger partial charge in [0.25, 0.3) is 0 Å². The molecule has 0 heterocycles. The van der Waals surface area contributed by atoms with Gasteiger partial charge in [-0.3, -0.25) is 4.79 Å². The number of nitrogens with one attached hydrogen (secondary N) is 1. The van der Waals surface area contributed by atoms with E-state index < -0.39 is 0 Å². The summed E-state index contributed by atoms with van der Waals surface area (Å²) in [5.41, 5.74) is 7.81. The minimum absolute atomic E-state index is 0.0359. The van der Waals surface area contributed by atoms with E-state index in [2.05, 4.69) is 5.32 Å². The van der Waals surface area contributed by atoms with Crippen molar-refractivity contribution in [2.75, 3.05) is 5.32 Å². The molecule has 2 aromatic rings. The van der Waals surface area contributed by atoms with Crippen molar-refractivity contribution in [2.45, 2.75) is 18.3 Å². The molecule has 0 atom stereocenters. The fourth-order valence-corrected chi connectivity index (χ4v) is 2.66. The zero-order valence-corrected chi connectivity index (χ0v) is 12.3. The Kier molecular flexibility index (Phi) is 3.47. The molecule has 3 rings (SSSR count). The van der Waals surface area contributed by atoms with Gasteiger partial charge in [-0.2, -0.15) is 0 Å². The van der Waals surface area contributed by atoms with Crippen LogP contribution >= 0.6 is 12.2 Å². The summed E-state index contributed by atoms with van der Waals surface area (Å²) >= 11 is 4.96. The summed E-state index contributed by atoms with van der Waals surface area (Å²) < 4.78 is 0. The lowest BCUT2D eigenvalue weighted by Gasteiger charge is -2.16. The van der Waals surface area contributed by atoms with Gasteiger partial charge in [-0.05, 0) is 30.5 Å². The maximum absolute atomic E-state index is 12.6. The maximum Gasteiger partial charge on any atom is 0.235 e. The summed E-state index contributed by atoms with van der Waals surface area (Å²) in [6, 6.07) is 17.3. The van der Waals surface area contributed by atoms with Crippen LogP contribution in [0.3, 0.4) is 0 Å². The lowest BCUT2D eigenvalue weighted by atomic mass is 9.95. The van der Waals surface area contributed by atoms with Crippen molar-refractivity contribution >= 4 is 28.8 Å². The lowest BCUT2D eigenvalue weighted by Crippen LogP contribution is -2.27. The molecule has 1 amide bonds. The third-order valence-corrected chi connectivity index (χ3v) is 4.15. The van der Waals surface area contributed by atoms with Crippen LogP contribution in [0.25, 0.3) is 0 Å². The molecule has 3 N–H and O–H groups in total. The van der Waals surface area contributed by atoms with Crippen LogP contribution in [0.5, 0.6) is 0 Å². The van der Waals surface area contributed by atoms with Gasteiger partial charge in [-0.25, -0.2) is 0 Å². The predicted molar refractivity (Wildman–Crippen MR) is 88.3 cm³/mol. The van der Waals surface area contributed by atoms with Crippen molar-refractivity contribution in [2.24, 2.45) is 5.73 Å². The van der Waals surface area contributed by atoms with Gasteiger partial charge >= 0.3 is 0 Å². The molecule has 0 bridgehead atoms. The number of anilines is 1. The molecular weight excluding hydrogens is 280 g/mol. The number of benzene rings is 2. The number of thiocarbonyl (C=S) groups is 1. The van der Waals surface area contributed by atoms with Crippen LogP contribution in [0.1, 0.15) is 24.0 Å². The van der Waals surface area contributed by atoms with E-state index in [-0.39, 0.29) is 11.3 Å². The quantitative estimate of drug-likeness (QED) is 0.853. The van der Waals surface area contributed by atoms with E-state index >= 15 is 0 Å². The van der Waals surface area contributed by atoms with Gasteiger partial charge in [0, 0.05) is 11.3 Å². The Hall–Kier alpha value is -2.20. The van der Waals surface area contributed by atoms with Crippen molar-refractivity contribution < 1.29 is 4.79 Å². The molecule has 2 aromatic carbocycles. The summed E-state index contributed by atoms with van der Waals surface area (Å²) in [5, 5.41) is 2.98. The third-order valence-electron chi connectivity index (χ3n) is 3.92. The number of amides is 1. The standard InChI is InChI=1S/C17H16N2OS/c18-15(21)12-5-4-8-14(11-12)19-16(20)17(9-10-17)13-6-2-1-3-7-13/h1-8,11H,9-10H2,(H2,18,21)(H,19,20). The zero-order valence-electron chi connectivity index (χ0n) is 11.5. The molecule has 4 heteroatoms. The topological polar surface area (TPSA) is 55.1 Å². The number of hydrogen-bond acceptors (Lipinski definition) is 2. The van der Waals surface area contributed by atoms with Gasteiger partial charge in [-0.1, -0.05) is 54.7 Å². The summed E-state index contributed by atoms with van der Waals surface area (Å²) in [6.45, 7) is 0. The maximum atomic E-state index is 12.6. The molecule has 21 heavy (non-hydrogen) atoms. The molecular formula is C17H16N2OS. The first kappa shape index (κ1) is 13.8. The molecule has 3 nitrogen and oxygen atoms in total. The lowest BCUT2D eigenvalue weighted by molar-refractivity contribution is -0.118. The predicted octanol–water partition coefficient (Wildman–Crippen LogP) is 2.99. The molecule has 0 saturated heterocycles. The van der Waals surface area contributed by atoms with E-state index in [1.807, 2.05) is 48.5 Å². The Morgan fingerprint density at radius 3 is 2.43 bits per heavy atom. The molecule has 1 aliphatic carbocycles. The average Bonchev–Trinajstić information content (AvgIpc) is 3.30. The van der Waals surface area contributed by atoms with Gasteiger partial charge in [0.1, 0.15) is 4.99 Å². The normalized spacial score (nSPS) is 15.2. The second kappa shape index (κ2) is 5.30. The highest BCUT2D eigenvalue weighted by Gasteiger charge is 2.51. The van der Waals surface area contributed by atoms with Crippen LogP contribution in [0.2, 0.25) is 0 Å². The van der Waals surface area contributed by atoms with Crippen LogP contribution in [0.4, 0.5) is 5.69 Å². The van der Waals surface area contributed by atoms with E-state index in [0.29, 0.717) is 4.99 Å². The number of nitrogens with two attached hydrogens (primary N) is 1. The summed E-state index contributed by atoms with van der Waals surface area (Å²) in [6.07, 6.45) is 1.77. The van der Waals surface area contributed by atoms with E-state index in [1.54, 1.807) is 6.07 Å². The highest BCUT2D eigenvalue weighted by Crippen LogP contribution is 2.48. The van der Waals surface area contributed by atoms with Crippen LogP contribution < -0.4 is 11.1 Å². The van der Waals surface area contributed by atoms with Crippen LogP contribution in [0, 0.1) is 0 Å². The SMILES string of the molecule is NC(=S)c1cccc(NC(=O)C2(c3ccccc3)CC2)c1. The average molecular weight is 296 g/mol. The molecule has 0 spiro atoms. The van der Waals surface area contributed by atoms with Crippen LogP contribution in [-0.4, -0.2) is 10.9 Å². The molecule has 0 unspecified atom stereocenters. The molecule has 0 aliphatic heterocycles. The molecule has 1 aliphatic rings. The summed E-state index contributed by atoms with van der Waals surface area (Å²) in [4.78, 5) is 12.9. The fourth-order valence-electron chi connectivity index (χ4n) is 2.53. The van der Waals surface area contributed by atoms with Crippen LogP contribution in [0.15, 0.2) is 54.6 Å². The number of carbonyl (C=O) groups excluding carboxylic acids is 1. The second-order valence-corrected chi connectivity index (χ2v) is 5.79. The van der Waals surface area contributed by atoms with Gasteiger partial charge in [-0.15, -0.1) is 0 Å². The van der Waals surface area contributed by atoms with Gasteiger partial charge < -0.3 is 11.1 Å². The number of rotatable bonds is 4. The van der Waals surface area contributed by atoms with Gasteiger partial charge in [0.2, 0.25) is 5.91 Å². The van der Waals surface area contributed by atoms with E-state index in [1.165, 1.54) is 0 Å². The summed E-state index contributed by atoms with van der Waals surface area (Å²) in [7, 11) is 0. The monoisotopic (exact) mass is 296 g/mol. The van der Waals surface area contributed by atoms with Crippen molar-refractivity contribution in [3.05, 3.63) is 65.7 Å². The highest BCUT2D eigenvalue weighted by molar-refractivity contribution is 7.80. The summed E-state index contributed by atoms with van der Waals surface area (Å²) in [5.74, 6) is 0.0359. The molecule has 1 fully saturated rings. The first-order valence-electron chi connectivity index (χ1n) is 6.89. The number of hydrogen-bond donors (Lipinski definition) is 2.